The smallest absolute Gasteiger partial charge is 0.144 e. The van der Waals surface area contributed by atoms with Crippen molar-refractivity contribution in [2.75, 3.05) is 0 Å². The first-order chi connectivity index (χ1) is 13.9. The summed E-state index contributed by atoms with van der Waals surface area (Å²) in [6, 6.07) is 21.3. The Morgan fingerprint density at radius 2 is 1.59 bits per heavy atom. The summed E-state index contributed by atoms with van der Waals surface area (Å²) < 4.78 is 6.48. The second kappa shape index (κ2) is 6.45. The molecule has 0 saturated carbocycles. The molecule has 5 rings (SSSR count). The third-order valence-corrected chi connectivity index (χ3v) is 5.60. The number of benzene rings is 3. The molecule has 2 aromatic heterocycles. The quantitative estimate of drug-likeness (QED) is 0.314. The first-order valence-electron chi connectivity index (χ1n) is 10.2. The maximum Gasteiger partial charge on any atom is 0.144 e. The Morgan fingerprint density at radius 1 is 0.828 bits per heavy atom. The number of aryl methyl sites for hydroxylation is 1. The molecule has 0 N–H and O–H groups in total. The Bertz CT molecular complexity index is 1370. The van der Waals surface area contributed by atoms with E-state index in [-0.39, 0.29) is 5.41 Å². The maximum absolute atomic E-state index is 6.48. The predicted octanol–water partition coefficient (Wildman–Crippen LogP) is 7.70. The van der Waals surface area contributed by atoms with Crippen molar-refractivity contribution in [3.8, 4) is 11.3 Å². The van der Waals surface area contributed by atoms with Crippen LogP contribution < -0.4 is 0 Å². The lowest BCUT2D eigenvalue weighted by Gasteiger charge is -2.20. The average Bonchev–Trinajstić information content (AvgIpc) is 3.08. The van der Waals surface area contributed by atoms with Gasteiger partial charge in [0.05, 0.1) is 5.69 Å². The number of aromatic nitrogens is 1. The van der Waals surface area contributed by atoms with Crippen LogP contribution in [0.2, 0.25) is 0 Å². The molecule has 0 amide bonds. The number of hydrogen-bond acceptors (Lipinski definition) is 2. The van der Waals surface area contributed by atoms with E-state index in [4.69, 9.17) is 9.40 Å². The lowest BCUT2D eigenvalue weighted by molar-refractivity contribution is 0.410. The maximum atomic E-state index is 6.48. The van der Waals surface area contributed by atoms with E-state index in [1.807, 2.05) is 6.20 Å². The number of nitrogens with zero attached hydrogens (tertiary/aromatic N) is 1. The van der Waals surface area contributed by atoms with Gasteiger partial charge < -0.3 is 4.42 Å². The van der Waals surface area contributed by atoms with Gasteiger partial charge >= 0.3 is 0 Å². The molecule has 0 bridgehead atoms. The van der Waals surface area contributed by atoms with Crippen molar-refractivity contribution in [2.45, 2.75) is 34.1 Å². The molecule has 0 fully saturated rings. The summed E-state index contributed by atoms with van der Waals surface area (Å²) in [7, 11) is 0. The second-order valence-corrected chi connectivity index (χ2v) is 9.18. The SMILES string of the molecule is Cc1cnc(-c2cccc3c2oc2c4ccccc4ccc32)cc1CC(C)(C)C. The third kappa shape index (κ3) is 3.09. The summed E-state index contributed by atoms with van der Waals surface area (Å²) in [5.74, 6) is 0. The summed E-state index contributed by atoms with van der Waals surface area (Å²) in [6.45, 7) is 8.97. The Balaban J connectivity index is 1.76. The Labute approximate surface area is 171 Å². The fraction of sp³-hybridized carbons (Fsp3) is 0.222. The number of para-hydroxylation sites is 1. The van der Waals surface area contributed by atoms with Crippen molar-refractivity contribution in [2.24, 2.45) is 5.41 Å². The molecule has 144 valence electrons. The van der Waals surface area contributed by atoms with E-state index in [0.29, 0.717) is 0 Å². The highest BCUT2D eigenvalue weighted by atomic mass is 16.3. The molecule has 0 aliphatic heterocycles. The molecule has 0 atom stereocenters. The second-order valence-electron chi connectivity index (χ2n) is 9.18. The van der Waals surface area contributed by atoms with Gasteiger partial charge in [0, 0.05) is 27.9 Å². The molecule has 2 nitrogen and oxygen atoms in total. The molecular formula is C27H25NO. The minimum atomic E-state index is 0.230. The predicted molar refractivity (Wildman–Crippen MR) is 122 cm³/mol. The van der Waals surface area contributed by atoms with Crippen molar-refractivity contribution in [3.05, 3.63) is 78.0 Å². The molecule has 0 aliphatic rings. The Kier molecular flexibility index (Phi) is 3.99. The van der Waals surface area contributed by atoms with E-state index in [0.717, 1.165) is 45.0 Å². The van der Waals surface area contributed by atoms with Crippen molar-refractivity contribution in [3.63, 3.8) is 0 Å². The van der Waals surface area contributed by atoms with Gasteiger partial charge in [-0.25, -0.2) is 0 Å². The standard InChI is InChI=1S/C27H25NO/c1-17-16-28-24(14-19(17)15-27(2,3)4)23-11-7-10-21-22-13-12-18-8-5-6-9-20(18)25(22)29-26(21)23/h5-14,16H,15H2,1-4H3. The molecular weight excluding hydrogens is 354 g/mol. The molecule has 0 spiro atoms. The highest BCUT2D eigenvalue weighted by molar-refractivity contribution is 6.17. The van der Waals surface area contributed by atoms with Gasteiger partial charge in [0.1, 0.15) is 11.2 Å². The molecule has 0 aliphatic carbocycles. The van der Waals surface area contributed by atoms with Gasteiger partial charge in [0.2, 0.25) is 0 Å². The minimum absolute atomic E-state index is 0.230. The van der Waals surface area contributed by atoms with Crippen LogP contribution in [0.15, 0.2) is 71.3 Å². The van der Waals surface area contributed by atoms with Crippen LogP contribution in [0.1, 0.15) is 31.9 Å². The molecule has 5 aromatic rings. The van der Waals surface area contributed by atoms with Crippen LogP contribution >= 0.6 is 0 Å². The molecule has 3 aromatic carbocycles. The van der Waals surface area contributed by atoms with Gasteiger partial charge in [-0.3, -0.25) is 4.98 Å². The van der Waals surface area contributed by atoms with Crippen LogP contribution in [0.3, 0.4) is 0 Å². The Hall–Kier alpha value is -3.13. The zero-order valence-electron chi connectivity index (χ0n) is 17.4. The fourth-order valence-electron chi connectivity index (χ4n) is 4.20. The van der Waals surface area contributed by atoms with E-state index in [9.17, 15) is 0 Å². The Morgan fingerprint density at radius 3 is 2.41 bits per heavy atom. The lowest BCUT2D eigenvalue weighted by Crippen LogP contribution is -2.10. The molecule has 0 unspecified atom stereocenters. The van der Waals surface area contributed by atoms with Gasteiger partial charge in [-0.2, -0.15) is 0 Å². The van der Waals surface area contributed by atoms with Crippen LogP contribution in [0.4, 0.5) is 0 Å². The topological polar surface area (TPSA) is 26.0 Å². The van der Waals surface area contributed by atoms with E-state index < -0.39 is 0 Å². The zero-order chi connectivity index (χ0) is 20.2. The van der Waals surface area contributed by atoms with Gasteiger partial charge in [0.15, 0.2) is 0 Å². The molecule has 2 heterocycles. The normalized spacial score (nSPS) is 12.3. The summed E-state index contributed by atoms with van der Waals surface area (Å²) >= 11 is 0. The highest BCUT2D eigenvalue weighted by Gasteiger charge is 2.17. The monoisotopic (exact) mass is 379 g/mol. The van der Waals surface area contributed by atoms with Crippen LogP contribution in [-0.4, -0.2) is 4.98 Å². The zero-order valence-corrected chi connectivity index (χ0v) is 17.4. The van der Waals surface area contributed by atoms with Crippen LogP contribution in [0.25, 0.3) is 44.0 Å². The number of rotatable bonds is 2. The molecule has 2 heteroatoms. The molecule has 0 radical (unpaired) electrons. The molecule has 0 saturated heterocycles. The number of furan rings is 1. The van der Waals surface area contributed by atoms with Gasteiger partial charge in [-0.1, -0.05) is 63.2 Å². The van der Waals surface area contributed by atoms with Crippen molar-refractivity contribution >= 4 is 32.7 Å². The van der Waals surface area contributed by atoms with Crippen LogP contribution in [-0.2, 0) is 6.42 Å². The van der Waals surface area contributed by atoms with Gasteiger partial charge in [-0.05, 0) is 53.5 Å². The summed E-state index contributed by atoms with van der Waals surface area (Å²) in [6.07, 6.45) is 3.02. The van der Waals surface area contributed by atoms with Crippen molar-refractivity contribution in [1.29, 1.82) is 0 Å². The summed E-state index contributed by atoms with van der Waals surface area (Å²) in [5.41, 5.74) is 6.71. The van der Waals surface area contributed by atoms with E-state index >= 15 is 0 Å². The minimum Gasteiger partial charge on any atom is -0.455 e. The van der Waals surface area contributed by atoms with E-state index in [1.54, 1.807) is 0 Å². The van der Waals surface area contributed by atoms with Gasteiger partial charge in [0.25, 0.3) is 0 Å². The number of fused-ring (bicyclic) bond motifs is 5. The highest BCUT2D eigenvalue weighted by Crippen LogP contribution is 2.38. The first kappa shape index (κ1) is 17.9. The lowest BCUT2D eigenvalue weighted by atomic mass is 9.86. The van der Waals surface area contributed by atoms with E-state index in [2.05, 4.69) is 88.4 Å². The van der Waals surface area contributed by atoms with Gasteiger partial charge in [-0.15, -0.1) is 0 Å². The van der Waals surface area contributed by atoms with Crippen LogP contribution in [0.5, 0.6) is 0 Å². The third-order valence-electron chi connectivity index (χ3n) is 5.60. The summed E-state index contributed by atoms with van der Waals surface area (Å²) in [4.78, 5) is 4.76. The number of pyridine rings is 1. The number of hydrogen-bond donors (Lipinski definition) is 0. The largest absolute Gasteiger partial charge is 0.455 e. The van der Waals surface area contributed by atoms with Crippen molar-refractivity contribution < 1.29 is 4.42 Å². The summed E-state index contributed by atoms with van der Waals surface area (Å²) in [5, 5.41) is 4.64. The van der Waals surface area contributed by atoms with Crippen LogP contribution in [0, 0.1) is 12.3 Å². The van der Waals surface area contributed by atoms with Crippen molar-refractivity contribution in [1.82, 2.24) is 4.98 Å². The van der Waals surface area contributed by atoms with E-state index in [1.165, 1.54) is 16.5 Å². The fourth-order valence-corrected chi connectivity index (χ4v) is 4.20. The molecule has 29 heavy (non-hydrogen) atoms. The average molecular weight is 380 g/mol. The first-order valence-corrected chi connectivity index (χ1v) is 10.2.